The van der Waals surface area contributed by atoms with Crippen molar-refractivity contribution in [3.63, 3.8) is 0 Å². The van der Waals surface area contributed by atoms with Crippen LogP contribution < -0.4 is 14.4 Å². The van der Waals surface area contributed by atoms with Crippen LogP contribution in [-0.4, -0.2) is 27.0 Å². The molecular formula is C21H20N2O5S. The number of amides is 1. The molecule has 1 aliphatic rings. The highest BCUT2D eigenvalue weighted by Crippen LogP contribution is 2.36. The molecule has 3 aromatic rings. The molecule has 29 heavy (non-hydrogen) atoms. The van der Waals surface area contributed by atoms with E-state index in [-0.39, 0.29) is 18.0 Å². The Morgan fingerprint density at radius 3 is 2.59 bits per heavy atom. The van der Waals surface area contributed by atoms with E-state index in [4.69, 9.17) is 9.15 Å². The number of anilines is 1. The number of hydrogen-bond acceptors (Lipinski definition) is 5. The minimum Gasteiger partial charge on any atom is -0.476 e. The molecule has 1 aliphatic heterocycles. The molecule has 1 unspecified atom stereocenters. The van der Waals surface area contributed by atoms with E-state index >= 15 is 0 Å². The second-order valence-corrected chi connectivity index (χ2v) is 8.58. The number of furan rings is 1. The van der Waals surface area contributed by atoms with Crippen molar-refractivity contribution < 1.29 is 22.4 Å². The maximum Gasteiger partial charge on any atom is 0.264 e. The van der Waals surface area contributed by atoms with Crippen LogP contribution in [0.5, 0.6) is 5.75 Å². The van der Waals surface area contributed by atoms with Crippen molar-refractivity contribution in [2.24, 2.45) is 0 Å². The molecule has 0 spiro atoms. The number of carbonyl (C=O) groups excluding carboxylic acids is 1. The fourth-order valence-electron chi connectivity index (χ4n) is 3.11. The summed E-state index contributed by atoms with van der Waals surface area (Å²) in [7, 11) is -3.86. The van der Waals surface area contributed by atoms with E-state index in [0.29, 0.717) is 17.2 Å². The Bertz CT molecular complexity index is 1110. The first-order chi connectivity index (χ1) is 13.9. The van der Waals surface area contributed by atoms with Gasteiger partial charge in [-0.3, -0.25) is 9.10 Å². The quantitative estimate of drug-likeness (QED) is 0.696. The third-order valence-corrected chi connectivity index (χ3v) is 6.45. The van der Waals surface area contributed by atoms with E-state index < -0.39 is 22.0 Å². The summed E-state index contributed by atoms with van der Waals surface area (Å²) < 4.78 is 38.8. The summed E-state index contributed by atoms with van der Waals surface area (Å²) >= 11 is 0. The van der Waals surface area contributed by atoms with Crippen LogP contribution in [0.1, 0.15) is 11.3 Å². The Labute approximate surface area is 169 Å². The summed E-state index contributed by atoms with van der Waals surface area (Å²) in [4.78, 5) is 12.8. The first-order valence-corrected chi connectivity index (χ1v) is 10.5. The van der Waals surface area contributed by atoms with Crippen LogP contribution in [0.15, 0.2) is 76.2 Å². The van der Waals surface area contributed by atoms with E-state index in [2.05, 4.69) is 5.32 Å². The molecule has 7 nitrogen and oxygen atoms in total. The normalized spacial score (nSPS) is 16.0. The minimum atomic E-state index is -3.86. The van der Waals surface area contributed by atoms with Gasteiger partial charge in [-0.2, -0.15) is 0 Å². The Balaban J connectivity index is 1.62. The van der Waals surface area contributed by atoms with Crippen molar-refractivity contribution in [3.8, 4) is 5.75 Å². The Morgan fingerprint density at radius 1 is 1.10 bits per heavy atom. The Kier molecular flexibility index (Phi) is 5.02. The number of fused-ring (bicyclic) bond motifs is 1. The molecule has 1 aromatic heterocycles. The molecule has 1 amide bonds. The van der Waals surface area contributed by atoms with Gasteiger partial charge < -0.3 is 14.5 Å². The molecule has 0 saturated heterocycles. The van der Waals surface area contributed by atoms with Crippen molar-refractivity contribution in [1.29, 1.82) is 0 Å². The lowest BCUT2D eigenvalue weighted by molar-refractivity contribution is -0.128. The van der Waals surface area contributed by atoms with Gasteiger partial charge in [0, 0.05) is 0 Å². The number of rotatable bonds is 5. The van der Waals surface area contributed by atoms with Gasteiger partial charge >= 0.3 is 0 Å². The summed E-state index contributed by atoms with van der Waals surface area (Å²) in [6.45, 7) is 1.95. The number of aryl methyl sites for hydroxylation is 1. The van der Waals surface area contributed by atoms with Gasteiger partial charge in [-0.25, -0.2) is 8.42 Å². The van der Waals surface area contributed by atoms with Crippen molar-refractivity contribution in [2.45, 2.75) is 24.5 Å². The van der Waals surface area contributed by atoms with Crippen molar-refractivity contribution in [3.05, 3.63) is 78.3 Å². The molecule has 4 rings (SSSR count). The van der Waals surface area contributed by atoms with Crippen LogP contribution in [0.2, 0.25) is 0 Å². The topological polar surface area (TPSA) is 88.9 Å². The van der Waals surface area contributed by atoms with Gasteiger partial charge in [-0.15, -0.1) is 0 Å². The SMILES string of the molecule is Cc1ccc(S(=O)(=O)N2CC(C(=O)NCc3ccco3)Oc3ccccc32)cc1. The number of ether oxygens (including phenoxy) is 1. The summed E-state index contributed by atoms with van der Waals surface area (Å²) in [5, 5.41) is 2.73. The monoisotopic (exact) mass is 412 g/mol. The smallest absolute Gasteiger partial charge is 0.264 e. The number of para-hydroxylation sites is 2. The van der Waals surface area contributed by atoms with E-state index in [1.807, 2.05) is 6.92 Å². The van der Waals surface area contributed by atoms with Crippen LogP contribution in [0.3, 0.4) is 0 Å². The third-order valence-electron chi connectivity index (χ3n) is 4.65. The molecule has 150 valence electrons. The second-order valence-electron chi connectivity index (χ2n) is 6.72. The van der Waals surface area contributed by atoms with E-state index in [9.17, 15) is 13.2 Å². The van der Waals surface area contributed by atoms with Gasteiger partial charge in [-0.1, -0.05) is 29.8 Å². The van der Waals surface area contributed by atoms with Crippen LogP contribution >= 0.6 is 0 Å². The molecule has 1 N–H and O–H groups in total. The highest BCUT2D eigenvalue weighted by Gasteiger charge is 2.37. The van der Waals surface area contributed by atoms with Crippen LogP contribution in [0, 0.1) is 6.92 Å². The summed E-state index contributed by atoms with van der Waals surface area (Å²) in [6, 6.07) is 16.9. The number of benzene rings is 2. The zero-order chi connectivity index (χ0) is 20.4. The fraction of sp³-hybridized carbons (Fsp3) is 0.190. The second kappa shape index (κ2) is 7.63. The van der Waals surface area contributed by atoms with Gasteiger partial charge in [0.2, 0.25) is 0 Å². The fourth-order valence-corrected chi connectivity index (χ4v) is 4.58. The molecule has 0 aliphatic carbocycles. The molecule has 8 heteroatoms. The number of nitrogens with one attached hydrogen (secondary N) is 1. The van der Waals surface area contributed by atoms with Crippen LogP contribution in [-0.2, 0) is 21.4 Å². The first kappa shape index (κ1) is 19.1. The van der Waals surface area contributed by atoms with Gasteiger partial charge in [0.05, 0.1) is 29.9 Å². The molecule has 0 fully saturated rings. The lowest BCUT2D eigenvalue weighted by atomic mass is 10.2. The minimum absolute atomic E-state index is 0.128. The molecular weight excluding hydrogens is 392 g/mol. The average molecular weight is 412 g/mol. The third kappa shape index (κ3) is 3.84. The predicted molar refractivity (Wildman–Crippen MR) is 107 cm³/mol. The van der Waals surface area contributed by atoms with E-state index in [1.165, 1.54) is 10.6 Å². The van der Waals surface area contributed by atoms with E-state index in [0.717, 1.165) is 5.56 Å². The molecule has 0 bridgehead atoms. The summed E-state index contributed by atoms with van der Waals surface area (Å²) in [5.74, 6) is 0.520. The standard InChI is InChI=1S/C21H20N2O5S/c1-15-8-10-17(11-9-15)29(25,26)23-14-20(28-19-7-3-2-6-18(19)23)21(24)22-13-16-5-4-12-27-16/h2-12,20H,13-14H2,1H3,(H,22,24). The summed E-state index contributed by atoms with van der Waals surface area (Å²) in [5.41, 5.74) is 1.37. The number of hydrogen-bond donors (Lipinski definition) is 1. The zero-order valence-electron chi connectivity index (χ0n) is 15.7. The lowest BCUT2D eigenvalue weighted by Gasteiger charge is -2.34. The Hall–Kier alpha value is -3.26. The molecule has 0 saturated carbocycles. The number of sulfonamides is 1. The van der Waals surface area contributed by atoms with Gasteiger partial charge in [0.1, 0.15) is 11.5 Å². The zero-order valence-corrected chi connectivity index (χ0v) is 16.6. The lowest BCUT2D eigenvalue weighted by Crippen LogP contribution is -2.50. The summed E-state index contributed by atoms with van der Waals surface area (Å²) in [6.07, 6.45) is 0.533. The molecule has 1 atom stereocenters. The maximum absolute atomic E-state index is 13.3. The van der Waals surface area contributed by atoms with Gasteiger partial charge in [-0.05, 0) is 43.3 Å². The van der Waals surface area contributed by atoms with E-state index in [1.54, 1.807) is 60.7 Å². The molecule has 2 aromatic carbocycles. The van der Waals surface area contributed by atoms with Crippen molar-refractivity contribution in [2.75, 3.05) is 10.8 Å². The average Bonchev–Trinajstić information content (AvgIpc) is 3.25. The van der Waals surface area contributed by atoms with Crippen molar-refractivity contribution in [1.82, 2.24) is 5.32 Å². The highest BCUT2D eigenvalue weighted by molar-refractivity contribution is 7.92. The number of nitrogens with zero attached hydrogens (tertiary/aromatic N) is 1. The Morgan fingerprint density at radius 2 is 1.86 bits per heavy atom. The first-order valence-electron chi connectivity index (χ1n) is 9.10. The largest absolute Gasteiger partial charge is 0.476 e. The van der Waals surface area contributed by atoms with Gasteiger partial charge in [0.25, 0.3) is 15.9 Å². The molecule has 0 radical (unpaired) electrons. The molecule has 2 heterocycles. The highest BCUT2D eigenvalue weighted by atomic mass is 32.2. The van der Waals surface area contributed by atoms with Crippen LogP contribution in [0.25, 0.3) is 0 Å². The predicted octanol–water partition coefficient (Wildman–Crippen LogP) is 2.86. The number of carbonyl (C=O) groups is 1. The maximum atomic E-state index is 13.3. The van der Waals surface area contributed by atoms with Gasteiger partial charge in [0.15, 0.2) is 6.10 Å². The van der Waals surface area contributed by atoms with Crippen LogP contribution in [0.4, 0.5) is 5.69 Å². The van der Waals surface area contributed by atoms with Crippen molar-refractivity contribution >= 4 is 21.6 Å².